The van der Waals surface area contributed by atoms with Crippen LogP contribution in [0.5, 0.6) is 0 Å². The fourth-order valence-electron chi connectivity index (χ4n) is 2.02. The molecular formula is C17H25NO3. The number of hydrogen-bond acceptors (Lipinski definition) is 3. The van der Waals surface area contributed by atoms with E-state index in [9.17, 15) is 9.59 Å². The number of carbonyl (C=O) groups is 2. The average molecular weight is 291 g/mol. The summed E-state index contributed by atoms with van der Waals surface area (Å²) in [4.78, 5) is 23.1. The molecule has 0 spiro atoms. The number of rotatable bonds is 9. The highest BCUT2D eigenvalue weighted by molar-refractivity contribution is 5.77. The maximum atomic E-state index is 11.7. The molecule has 1 N–H and O–H groups in total. The molecule has 1 aromatic rings. The summed E-state index contributed by atoms with van der Waals surface area (Å²) in [6.45, 7) is 4.59. The Labute approximate surface area is 126 Å². The van der Waals surface area contributed by atoms with Crippen LogP contribution < -0.4 is 5.32 Å². The normalized spacial score (nSPS) is 11.7. The predicted molar refractivity (Wildman–Crippen MR) is 82.9 cm³/mol. The second kappa shape index (κ2) is 9.97. The van der Waals surface area contributed by atoms with Crippen molar-refractivity contribution in [1.82, 2.24) is 5.32 Å². The lowest BCUT2D eigenvalue weighted by molar-refractivity contribution is -0.148. The third-order valence-electron chi connectivity index (χ3n) is 3.06. The molecule has 0 saturated heterocycles. The van der Waals surface area contributed by atoms with Crippen LogP contribution in [-0.2, 0) is 20.7 Å². The molecule has 4 nitrogen and oxygen atoms in total. The minimum Gasteiger partial charge on any atom is -0.462 e. The summed E-state index contributed by atoms with van der Waals surface area (Å²) in [6, 6.07) is 9.94. The van der Waals surface area contributed by atoms with Gasteiger partial charge in [-0.3, -0.25) is 9.59 Å². The summed E-state index contributed by atoms with van der Waals surface area (Å²) in [5, 5.41) is 2.79. The highest BCUT2D eigenvalue weighted by Gasteiger charge is 2.11. The van der Waals surface area contributed by atoms with E-state index in [-0.39, 0.29) is 18.0 Å². The Morgan fingerprint density at radius 2 is 1.90 bits per heavy atom. The zero-order valence-electron chi connectivity index (χ0n) is 12.9. The number of nitrogens with one attached hydrogen (secondary N) is 1. The number of carbonyl (C=O) groups excluding carboxylic acids is 2. The molecule has 4 heteroatoms. The second-order valence-corrected chi connectivity index (χ2v) is 5.19. The molecule has 0 heterocycles. The fraction of sp³-hybridized carbons (Fsp3) is 0.529. The maximum absolute atomic E-state index is 11.7. The van der Waals surface area contributed by atoms with Gasteiger partial charge in [-0.25, -0.2) is 0 Å². The SMILES string of the molecule is CCCNC(=O)CCCC(=O)OC(C)Cc1ccccc1. The third-order valence-corrected chi connectivity index (χ3v) is 3.06. The topological polar surface area (TPSA) is 55.4 Å². The van der Waals surface area contributed by atoms with Gasteiger partial charge in [-0.2, -0.15) is 0 Å². The van der Waals surface area contributed by atoms with Gasteiger partial charge in [0.1, 0.15) is 6.10 Å². The van der Waals surface area contributed by atoms with Crippen molar-refractivity contribution in [2.24, 2.45) is 0 Å². The van der Waals surface area contributed by atoms with E-state index in [1.54, 1.807) is 0 Å². The minimum absolute atomic E-state index is 0.00184. The number of benzene rings is 1. The van der Waals surface area contributed by atoms with Gasteiger partial charge >= 0.3 is 5.97 Å². The number of hydrogen-bond donors (Lipinski definition) is 1. The Balaban J connectivity index is 2.17. The van der Waals surface area contributed by atoms with Crippen LogP contribution in [0.15, 0.2) is 30.3 Å². The first-order valence-corrected chi connectivity index (χ1v) is 7.62. The molecule has 0 aromatic heterocycles. The lowest BCUT2D eigenvalue weighted by atomic mass is 10.1. The molecule has 116 valence electrons. The van der Waals surface area contributed by atoms with E-state index in [1.807, 2.05) is 44.2 Å². The molecule has 1 rings (SSSR count). The molecule has 1 unspecified atom stereocenters. The van der Waals surface area contributed by atoms with Crippen LogP contribution in [0.1, 0.15) is 45.1 Å². The van der Waals surface area contributed by atoms with Crippen LogP contribution in [-0.4, -0.2) is 24.5 Å². The van der Waals surface area contributed by atoms with Crippen molar-refractivity contribution in [3.05, 3.63) is 35.9 Å². The molecule has 0 aliphatic rings. The van der Waals surface area contributed by atoms with Crippen LogP contribution in [0.3, 0.4) is 0 Å². The van der Waals surface area contributed by atoms with E-state index >= 15 is 0 Å². The first kappa shape index (κ1) is 17.2. The summed E-state index contributed by atoms with van der Waals surface area (Å²) in [5.41, 5.74) is 1.15. The van der Waals surface area contributed by atoms with Crippen LogP contribution in [0, 0.1) is 0 Å². The van der Waals surface area contributed by atoms with Gasteiger partial charge in [0.15, 0.2) is 0 Å². The fourth-order valence-corrected chi connectivity index (χ4v) is 2.02. The molecule has 1 amide bonds. The summed E-state index contributed by atoms with van der Waals surface area (Å²) in [7, 11) is 0. The molecular weight excluding hydrogens is 266 g/mol. The van der Waals surface area contributed by atoms with E-state index < -0.39 is 0 Å². The molecule has 0 radical (unpaired) electrons. The van der Waals surface area contributed by atoms with Gasteiger partial charge < -0.3 is 10.1 Å². The van der Waals surface area contributed by atoms with Crippen molar-refractivity contribution in [3.8, 4) is 0 Å². The van der Waals surface area contributed by atoms with Crippen molar-refractivity contribution in [2.45, 2.75) is 52.1 Å². The Morgan fingerprint density at radius 3 is 2.57 bits per heavy atom. The van der Waals surface area contributed by atoms with Crippen molar-refractivity contribution in [3.63, 3.8) is 0 Å². The van der Waals surface area contributed by atoms with Crippen molar-refractivity contribution in [1.29, 1.82) is 0 Å². The number of esters is 1. The zero-order valence-corrected chi connectivity index (χ0v) is 12.9. The Hall–Kier alpha value is -1.84. The molecule has 0 fully saturated rings. The van der Waals surface area contributed by atoms with E-state index in [4.69, 9.17) is 4.74 Å². The Kier molecular flexibility index (Phi) is 8.17. The lowest BCUT2D eigenvalue weighted by Crippen LogP contribution is -2.24. The van der Waals surface area contributed by atoms with Crippen molar-refractivity contribution < 1.29 is 14.3 Å². The monoisotopic (exact) mass is 291 g/mol. The van der Waals surface area contributed by atoms with Gasteiger partial charge in [-0.15, -0.1) is 0 Å². The van der Waals surface area contributed by atoms with E-state index in [1.165, 1.54) is 0 Å². The minimum atomic E-state index is -0.235. The van der Waals surface area contributed by atoms with Crippen molar-refractivity contribution in [2.75, 3.05) is 6.54 Å². The van der Waals surface area contributed by atoms with Crippen LogP contribution >= 0.6 is 0 Å². The highest BCUT2D eigenvalue weighted by atomic mass is 16.5. The van der Waals surface area contributed by atoms with Gasteiger partial charge in [0.05, 0.1) is 0 Å². The molecule has 0 bridgehead atoms. The maximum Gasteiger partial charge on any atom is 0.306 e. The summed E-state index contributed by atoms with van der Waals surface area (Å²) < 4.78 is 5.35. The van der Waals surface area contributed by atoms with Crippen molar-refractivity contribution >= 4 is 11.9 Å². The first-order valence-electron chi connectivity index (χ1n) is 7.62. The smallest absolute Gasteiger partial charge is 0.306 e. The van der Waals surface area contributed by atoms with Crippen LogP contribution in [0.2, 0.25) is 0 Å². The number of amides is 1. The van der Waals surface area contributed by atoms with E-state index in [0.717, 1.165) is 12.0 Å². The first-order chi connectivity index (χ1) is 10.1. The van der Waals surface area contributed by atoms with Gasteiger partial charge in [0.2, 0.25) is 5.91 Å². The van der Waals surface area contributed by atoms with Crippen LogP contribution in [0.25, 0.3) is 0 Å². The second-order valence-electron chi connectivity index (χ2n) is 5.19. The van der Waals surface area contributed by atoms with Gasteiger partial charge in [-0.05, 0) is 25.3 Å². The Morgan fingerprint density at radius 1 is 1.19 bits per heavy atom. The molecule has 21 heavy (non-hydrogen) atoms. The Bertz CT molecular complexity index is 431. The molecule has 1 aromatic carbocycles. The molecule has 1 atom stereocenters. The van der Waals surface area contributed by atoms with E-state index in [2.05, 4.69) is 5.32 Å². The largest absolute Gasteiger partial charge is 0.462 e. The zero-order chi connectivity index (χ0) is 15.5. The predicted octanol–water partition coefficient (Wildman–Crippen LogP) is 2.86. The number of ether oxygens (including phenoxy) is 1. The average Bonchev–Trinajstić information content (AvgIpc) is 2.46. The third kappa shape index (κ3) is 8.12. The molecule has 0 aliphatic heterocycles. The summed E-state index contributed by atoms with van der Waals surface area (Å²) in [6.07, 6.45) is 2.69. The summed E-state index contributed by atoms with van der Waals surface area (Å²) >= 11 is 0. The van der Waals surface area contributed by atoms with E-state index in [0.29, 0.717) is 32.2 Å². The highest BCUT2D eigenvalue weighted by Crippen LogP contribution is 2.07. The lowest BCUT2D eigenvalue weighted by Gasteiger charge is -2.13. The molecule has 0 aliphatic carbocycles. The standard InChI is InChI=1S/C17H25NO3/c1-3-12-18-16(19)10-7-11-17(20)21-14(2)13-15-8-5-4-6-9-15/h4-6,8-9,14H,3,7,10-13H2,1-2H3,(H,18,19). The van der Waals surface area contributed by atoms with Gasteiger partial charge in [-0.1, -0.05) is 37.3 Å². The quantitative estimate of drug-likeness (QED) is 0.712. The van der Waals surface area contributed by atoms with Gasteiger partial charge in [0, 0.05) is 25.8 Å². The molecule has 0 saturated carbocycles. The summed E-state index contributed by atoms with van der Waals surface area (Å²) in [5.74, 6) is -0.233. The van der Waals surface area contributed by atoms with Gasteiger partial charge in [0.25, 0.3) is 0 Å². The van der Waals surface area contributed by atoms with Crippen LogP contribution in [0.4, 0.5) is 0 Å².